The SMILES string of the molecule is C=CCCN(C[C@H](C)O)C(=O)OCc1ccccc1. The van der Waals surface area contributed by atoms with Crippen molar-refractivity contribution in [3.05, 3.63) is 48.6 Å². The molecule has 0 heterocycles. The largest absolute Gasteiger partial charge is 0.445 e. The van der Waals surface area contributed by atoms with E-state index in [9.17, 15) is 9.90 Å². The van der Waals surface area contributed by atoms with E-state index in [4.69, 9.17) is 4.74 Å². The van der Waals surface area contributed by atoms with E-state index in [0.717, 1.165) is 5.56 Å². The molecule has 19 heavy (non-hydrogen) atoms. The smallest absolute Gasteiger partial charge is 0.410 e. The van der Waals surface area contributed by atoms with Gasteiger partial charge in [-0.1, -0.05) is 36.4 Å². The Hall–Kier alpha value is -1.81. The van der Waals surface area contributed by atoms with Crippen molar-refractivity contribution in [3.63, 3.8) is 0 Å². The van der Waals surface area contributed by atoms with E-state index in [1.165, 1.54) is 4.90 Å². The Kier molecular flexibility index (Phi) is 6.68. The lowest BCUT2D eigenvalue weighted by molar-refractivity contribution is 0.0741. The summed E-state index contributed by atoms with van der Waals surface area (Å²) in [4.78, 5) is 13.4. The number of benzene rings is 1. The number of carbonyl (C=O) groups is 1. The van der Waals surface area contributed by atoms with Gasteiger partial charge in [-0.2, -0.15) is 0 Å². The molecule has 0 saturated heterocycles. The minimum Gasteiger partial charge on any atom is -0.445 e. The minimum absolute atomic E-state index is 0.240. The van der Waals surface area contributed by atoms with Crippen LogP contribution in [0.1, 0.15) is 18.9 Å². The molecule has 1 aromatic rings. The van der Waals surface area contributed by atoms with Gasteiger partial charge in [-0.05, 0) is 18.9 Å². The van der Waals surface area contributed by atoms with Gasteiger partial charge >= 0.3 is 6.09 Å². The summed E-state index contributed by atoms with van der Waals surface area (Å²) in [5.74, 6) is 0. The first-order chi connectivity index (χ1) is 9.13. The molecule has 0 aromatic heterocycles. The Morgan fingerprint density at radius 2 is 2.16 bits per heavy atom. The summed E-state index contributed by atoms with van der Waals surface area (Å²) >= 11 is 0. The number of nitrogens with zero attached hydrogens (tertiary/aromatic N) is 1. The number of amides is 1. The highest BCUT2D eigenvalue weighted by Gasteiger charge is 2.16. The first-order valence-corrected chi connectivity index (χ1v) is 6.38. The number of aliphatic hydroxyl groups excluding tert-OH is 1. The lowest BCUT2D eigenvalue weighted by Gasteiger charge is -2.22. The quantitative estimate of drug-likeness (QED) is 0.769. The Morgan fingerprint density at radius 1 is 1.47 bits per heavy atom. The van der Waals surface area contributed by atoms with Crippen molar-refractivity contribution in [2.45, 2.75) is 26.1 Å². The van der Waals surface area contributed by atoms with Gasteiger partial charge in [0, 0.05) is 13.1 Å². The van der Waals surface area contributed by atoms with E-state index in [-0.39, 0.29) is 13.2 Å². The molecule has 0 radical (unpaired) electrons. The van der Waals surface area contributed by atoms with E-state index in [0.29, 0.717) is 13.0 Å². The Morgan fingerprint density at radius 3 is 2.74 bits per heavy atom. The third-order valence-corrected chi connectivity index (χ3v) is 2.55. The summed E-state index contributed by atoms with van der Waals surface area (Å²) in [6.45, 7) is 6.28. The van der Waals surface area contributed by atoms with Gasteiger partial charge < -0.3 is 14.7 Å². The van der Waals surface area contributed by atoms with Crippen LogP contribution in [-0.2, 0) is 11.3 Å². The third kappa shape index (κ3) is 6.06. The van der Waals surface area contributed by atoms with Crippen molar-refractivity contribution < 1.29 is 14.6 Å². The third-order valence-electron chi connectivity index (χ3n) is 2.55. The molecule has 0 aliphatic heterocycles. The maximum Gasteiger partial charge on any atom is 0.410 e. The summed E-state index contributed by atoms with van der Waals surface area (Å²) in [6, 6.07) is 9.50. The molecule has 1 N–H and O–H groups in total. The molecule has 0 unspecified atom stereocenters. The molecule has 0 bridgehead atoms. The van der Waals surface area contributed by atoms with Crippen LogP contribution in [0.25, 0.3) is 0 Å². The van der Waals surface area contributed by atoms with Gasteiger partial charge in [-0.3, -0.25) is 0 Å². The number of hydrogen-bond donors (Lipinski definition) is 1. The molecule has 0 saturated carbocycles. The van der Waals surface area contributed by atoms with E-state index in [1.807, 2.05) is 30.3 Å². The molecule has 4 heteroatoms. The Balaban J connectivity index is 2.48. The molecule has 0 aliphatic carbocycles. The molecule has 0 fully saturated rings. The number of carbonyl (C=O) groups excluding carboxylic acids is 1. The molecule has 4 nitrogen and oxygen atoms in total. The van der Waals surface area contributed by atoms with E-state index >= 15 is 0 Å². The van der Waals surface area contributed by atoms with Gasteiger partial charge in [-0.15, -0.1) is 6.58 Å². The highest BCUT2D eigenvalue weighted by atomic mass is 16.6. The Labute approximate surface area is 114 Å². The fraction of sp³-hybridized carbons (Fsp3) is 0.400. The van der Waals surface area contributed by atoms with Crippen LogP contribution < -0.4 is 0 Å². The zero-order valence-corrected chi connectivity index (χ0v) is 11.3. The zero-order chi connectivity index (χ0) is 14.1. The fourth-order valence-corrected chi connectivity index (χ4v) is 1.63. The first-order valence-electron chi connectivity index (χ1n) is 6.38. The van der Waals surface area contributed by atoms with Crippen molar-refractivity contribution in [1.82, 2.24) is 4.90 Å². The summed E-state index contributed by atoms with van der Waals surface area (Å²) in [5, 5.41) is 9.38. The minimum atomic E-state index is -0.575. The van der Waals surface area contributed by atoms with Crippen molar-refractivity contribution in [2.24, 2.45) is 0 Å². The fourth-order valence-electron chi connectivity index (χ4n) is 1.63. The van der Waals surface area contributed by atoms with Crippen LogP contribution in [0.5, 0.6) is 0 Å². The number of aliphatic hydroxyl groups is 1. The molecule has 104 valence electrons. The predicted molar refractivity (Wildman–Crippen MR) is 74.7 cm³/mol. The van der Waals surface area contributed by atoms with Crippen LogP contribution in [0.4, 0.5) is 4.79 Å². The van der Waals surface area contributed by atoms with Gasteiger partial charge in [-0.25, -0.2) is 4.79 Å². The lowest BCUT2D eigenvalue weighted by atomic mass is 10.2. The molecule has 1 rings (SSSR count). The van der Waals surface area contributed by atoms with Crippen molar-refractivity contribution in [3.8, 4) is 0 Å². The average Bonchev–Trinajstić information content (AvgIpc) is 2.41. The van der Waals surface area contributed by atoms with Gasteiger partial charge in [0.25, 0.3) is 0 Å². The normalized spacial score (nSPS) is 11.7. The van der Waals surface area contributed by atoms with Crippen molar-refractivity contribution >= 4 is 6.09 Å². The van der Waals surface area contributed by atoms with Crippen LogP contribution in [0, 0.1) is 0 Å². The van der Waals surface area contributed by atoms with E-state index < -0.39 is 12.2 Å². The van der Waals surface area contributed by atoms with Crippen LogP contribution >= 0.6 is 0 Å². The second kappa shape index (κ2) is 8.32. The standard InChI is InChI=1S/C15H21NO3/c1-3-4-10-16(11-13(2)17)15(18)19-12-14-8-6-5-7-9-14/h3,5-9,13,17H,1,4,10-12H2,2H3/t13-/m0/s1. The molecular formula is C15H21NO3. The van der Waals surface area contributed by atoms with Crippen molar-refractivity contribution in [2.75, 3.05) is 13.1 Å². The molecule has 0 spiro atoms. The second-order valence-corrected chi connectivity index (χ2v) is 4.41. The first kappa shape index (κ1) is 15.2. The molecule has 1 aromatic carbocycles. The Bertz CT molecular complexity index is 390. The van der Waals surface area contributed by atoms with E-state index in [2.05, 4.69) is 6.58 Å². The summed E-state index contributed by atoms with van der Waals surface area (Å²) in [5.41, 5.74) is 0.941. The van der Waals surface area contributed by atoms with Gasteiger partial charge in [0.2, 0.25) is 0 Å². The molecular weight excluding hydrogens is 242 g/mol. The highest BCUT2D eigenvalue weighted by molar-refractivity contribution is 5.67. The highest BCUT2D eigenvalue weighted by Crippen LogP contribution is 2.05. The predicted octanol–water partition coefficient (Wildman–Crippen LogP) is 2.58. The number of rotatable bonds is 7. The van der Waals surface area contributed by atoms with Gasteiger partial charge in [0.05, 0.1) is 6.10 Å². The van der Waals surface area contributed by atoms with Crippen LogP contribution in [0.15, 0.2) is 43.0 Å². The van der Waals surface area contributed by atoms with Crippen molar-refractivity contribution in [1.29, 1.82) is 0 Å². The maximum atomic E-state index is 11.9. The lowest BCUT2D eigenvalue weighted by Crippen LogP contribution is -2.37. The maximum absolute atomic E-state index is 11.9. The summed E-state index contributed by atoms with van der Waals surface area (Å²) in [7, 11) is 0. The molecule has 1 atom stereocenters. The number of hydrogen-bond acceptors (Lipinski definition) is 3. The van der Waals surface area contributed by atoms with Crippen LogP contribution in [0.3, 0.4) is 0 Å². The van der Waals surface area contributed by atoms with Gasteiger partial charge in [0.1, 0.15) is 6.61 Å². The topological polar surface area (TPSA) is 49.8 Å². The monoisotopic (exact) mass is 263 g/mol. The molecule has 1 amide bonds. The summed E-state index contributed by atoms with van der Waals surface area (Å²) in [6.07, 6.45) is 1.42. The zero-order valence-electron chi connectivity index (χ0n) is 11.3. The summed E-state index contributed by atoms with van der Waals surface area (Å²) < 4.78 is 5.23. The second-order valence-electron chi connectivity index (χ2n) is 4.41. The number of ether oxygens (including phenoxy) is 1. The average molecular weight is 263 g/mol. The molecule has 0 aliphatic rings. The van der Waals surface area contributed by atoms with E-state index in [1.54, 1.807) is 13.0 Å². The van der Waals surface area contributed by atoms with Crippen LogP contribution in [-0.4, -0.2) is 35.3 Å². The van der Waals surface area contributed by atoms with Gasteiger partial charge in [0.15, 0.2) is 0 Å². The van der Waals surface area contributed by atoms with Crippen LogP contribution in [0.2, 0.25) is 0 Å².